The van der Waals surface area contributed by atoms with E-state index >= 15 is 0 Å². The van der Waals surface area contributed by atoms with Crippen LogP contribution < -0.4 is 0 Å². The largest absolute Gasteiger partial charge is 0.300 e. The van der Waals surface area contributed by atoms with Crippen molar-refractivity contribution < 1.29 is 4.79 Å². The standard InChI is InChI=1S/C11H13BrO/c1-3-9-5-10(4-8(2)13)7-11(12)6-9/h5-7H,3-4H2,1-2H3. The predicted molar refractivity (Wildman–Crippen MR) is 57.9 cm³/mol. The number of carbonyl (C=O) groups excluding carboxylic acids is 1. The summed E-state index contributed by atoms with van der Waals surface area (Å²) in [6.45, 7) is 3.73. The summed E-state index contributed by atoms with van der Waals surface area (Å²) in [4.78, 5) is 10.9. The lowest BCUT2D eigenvalue weighted by Crippen LogP contribution is -1.97. The summed E-state index contributed by atoms with van der Waals surface area (Å²) in [6.07, 6.45) is 1.54. The van der Waals surface area contributed by atoms with Crippen molar-refractivity contribution in [1.29, 1.82) is 0 Å². The van der Waals surface area contributed by atoms with Crippen molar-refractivity contribution in [2.24, 2.45) is 0 Å². The topological polar surface area (TPSA) is 17.1 Å². The van der Waals surface area contributed by atoms with Crippen LogP contribution in [-0.4, -0.2) is 5.78 Å². The van der Waals surface area contributed by atoms with E-state index in [1.54, 1.807) is 6.92 Å². The van der Waals surface area contributed by atoms with Gasteiger partial charge in [-0.1, -0.05) is 28.9 Å². The van der Waals surface area contributed by atoms with Crippen LogP contribution in [0.1, 0.15) is 25.0 Å². The number of carbonyl (C=O) groups is 1. The maximum atomic E-state index is 10.9. The molecule has 0 N–H and O–H groups in total. The second kappa shape index (κ2) is 4.56. The lowest BCUT2D eigenvalue weighted by Gasteiger charge is -2.03. The smallest absolute Gasteiger partial charge is 0.134 e. The highest BCUT2D eigenvalue weighted by molar-refractivity contribution is 9.10. The fraction of sp³-hybridized carbons (Fsp3) is 0.364. The van der Waals surface area contributed by atoms with Crippen LogP contribution in [0.3, 0.4) is 0 Å². The lowest BCUT2D eigenvalue weighted by molar-refractivity contribution is -0.116. The molecule has 70 valence electrons. The molecule has 1 nitrogen and oxygen atoms in total. The normalized spacial score (nSPS) is 10.1. The zero-order valence-corrected chi connectivity index (χ0v) is 9.52. The first-order valence-electron chi connectivity index (χ1n) is 4.39. The summed E-state index contributed by atoms with van der Waals surface area (Å²) in [5, 5.41) is 0. The van der Waals surface area contributed by atoms with E-state index in [-0.39, 0.29) is 5.78 Å². The van der Waals surface area contributed by atoms with Gasteiger partial charge in [0, 0.05) is 10.9 Å². The van der Waals surface area contributed by atoms with Gasteiger partial charge in [0.1, 0.15) is 5.78 Å². The molecule has 1 aromatic rings. The highest BCUT2D eigenvalue weighted by atomic mass is 79.9. The van der Waals surface area contributed by atoms with Gasteiger partial charge in [-0.2, -0.15) is 0 Å². The Morgan fingerprint density at radius 2 is 1.92 bits per heavy atom. The third-order valence-corrected chi connectivity index (χ3v) is 2.34. The molecule has 13 heavy (non-hydrogen) atoms. The number of halogens is 1. The maximum absolute atomic E-state index is 10.9. The second-order valence-corrected chi connectivity index (χ2v) is 4.12. The molecule has 0 aliphatic rings. The molecule has 0 bridgehead atoms. The molecule has 0 aromatic heterocycles. The molecule has 0 saturated heterocycles. The summed E-state index contributed by atoms with van der Waals surface area (Å²) in [6, 6.07) is 6.18. The molecule has 0 aliphatic carbocycles. The SMILES string of the molecule is CCc1cc(Br)cc(CC(C)=O)c1. The molecule has 0 aliphatic heterocycles. The van der Waals surface area contributed by atoms with E-state index in [1.807, 2.05) is 6.07 Å². The number of benzene rings is 1. The van der Waals surface area contributed by atoms with Crippen molar-refractivity contribution in [3.8, 4) is 0 Å². The predicted octanol–water partition coefficient (Wildman–Crippen LogP) is 3.14. The van der Waals surface area contributed by atoms with Crippen molar-refractivity contribution >= 4 is 21.7 Å². The van der Waals surface area contributed by atoms with Gasteiger partial charge in [0.25, 0.3) is 0 Å². The Morgan fingerprint density at radius 1 is 1.31 bits per heavy atom. The molecule has 0 spiro atoms. The summed E-state index contributed by atoms with van der Waals surface area (Å²) in [7, 11) is 0. The van der Waals surface area contributed by atoms with E-state index in [1.165, 1.54) is 5.56 Å². The van der Waals surface area contributed by atoms with Gasteiger partial charge in [-0.05, 0) is 36.6 Å². The lowest BCUT2D eigenvalue weighted by atomic mass is 10.1. The zero-order valence-electron chi connectivity index (χ0n) is 7.93. The number of aryl methyl sites for hydroxylation is 1. The molecular formula is C11H13BrO. The average Bonchev–Trinajstić information content (AvgIpc) is 2.01. The second-order valence-electron chi connectivity index (χ2n) is 3.20. The van der Waals surface area contributed by atoms with Crippen LogP contribution in [0, 0.1) is 0 Å². The van der Waals surface area contributed by atoms with Gasteiger partial charge in [-0.3, -0.25) is 4.79 Å². The Balaban J connectivity index is 2.94. The molecule has 0 atom stereocenters. The van der Waals surface area contributed by atoms with E-state index in [9.17, 15) is 4.79 Å². The van der Waals surface area contributed by atoms with Crippen LogP contribution in [0.15, 0.2) is 22.7 Å². The summed E-state index contributed by atoms with van der Waals surface area (Å²) < 4.78 is 1.06. The van der Waals surface area contributed by atoms with Crippen molar-refractivity contribution in [3.05, 3.63) is 33.8 Å². The van der Waals surface area contributed by atoms with E-state index in [4.69, 9.17) is 0 Å². The molecule has 0 fully saturated rings. The average molecular weight is 241 g/mol. The van der Waals surface area contributed by atoms with Crippen LogP contribution in [0.25, 0.3) is 0 Å². The summed E-state index contributed by atoms with van der Waals surface area (Å²) >= 11 is 3.43. The van der Waals surface area contributed by atoms with E-state index in [0.717, 1.165) is 16.5 Å². The molecule has 0 radical (unpaired) electrons. The number of ketones is 1. The van der Waals surface area contributed by atoms with Gasteiger partial charge in [0.05, 0.1) is 0 Å². The fourth-order valence-corrected chi connectivity index (χ4v) is 1.90. The van der Waals surface area contributed by atoms with E-state index < -0.39 is 0 Å². The highest BCUT2D eigenvalue weighted by Crippen LogP contribution is 2.16. The Morgan fingerprint density at radius 3 is 2.46 bits per heavy atom. The minimum absolute atomic E-state index is 0.208. The molecule has 0 unspecified atom stereocenters. The minimum atomic E-state index is 0.208. The molecule has 0 heterocycles. The number of hydrogen-bond donors (Lipinski definition) is 0. The van der Waals surface area contributed by atoms with Crippen molar-refractivity contribution in [1.82, 2.24) is 0 Å². The monoisotopic (exact) mass is 240 g/mol. The molecule has 1 rings (SSSR count). The van der Waals surface area contributed by atoms with Crippen molar-refractivity contribution in [3.63, 3.8) is 0 Å². The molecule has 0 saturated carbocycles. The van der Waals surface area contributed by atoms with Gasteiger partial charge in [0.2, 0.25) is 0 Å². The summed E-state index contributed by atoms with van der Waals surface area (Å²) in [5.41, 5.74) is 2.37. The van der Waals surface area contributed by atoms with Crippen molar-refractivity contribution in [2.45, 2.75) is 26.7 Å². The van der Waals surface area contributed by atoms with Gasteiger partial charge >= 0.3 is 0 Å². The van der Waals surface area contributed by atoms with Gasteiger partial charge in [-0.25, -0.2) is 0 Å². The van der Waals surface area contributed by atoms with Crippen LogP contribution in [0.4, 0.5) is 0 Å². The number of Topliss-reactive ketones (excluding diaryl/α,β-unsaturated/α-hetero) is 1. The fourth-order valence-electron chi connectivity index (χ4n) is 1.31. The van der Waals surface area contributed by atoms with Crippen LogP contribution in [0.2, 0.25) is 0 Å². The first-order valence-corrected chi connectivity index (χ1v) is 5.19. The Hall–Kier alpha value is -0.630. The van der Waals surface area contributed by atoms with Gasteiger partial charge in [-0.15, -0.1) is 0 Å². The van der Waals surface area contributed by atoms with E-state index in [0.29, 0.717) is 6.42 Å². The Kier molecular flexibility index (Phi) is 3.67. The zero-order chi connectivity index (χ0) is 9.84. The Bertz CT molecular complexity index is 318. The third-order valence-electron chi connectivity index (χ3n) is 1.88. The molecule has 2 heteroatoms. The van der Waals surface area contributed by atoms with Crippen LogP contribution in [-0.2, 0) is 17.6 Å². The first kappa shape index (κ1) is 10.5. The number of rotatable bonds is 3. The third kappa shape index (κ3) is 3.31. The molecule has 0 amide bonds. The molecule has 1 aromatic carbocycles. The van der Waals surface area contributed by atoms with E-state index in [2.05, 4.69) is 35.0 Å². The van der Waals surface area contributed by atoms with Gasteiger partial charge < -0.3 is 0 Å². The first-order chi connectivity index (χ1) is 6.11. The van der Waals surface area contributed by atoms with Crippen LogP contribution >= 0.6 is 15.9 Å². The van der Waals surface area contributed by atoms with Gasteiger partial charge in [0.15, 0.2) is 0 Å². The summed E-state index contributed by atoms with van der Waals surface area (Å²) in [5.74, 6) is 0.208. The van der Waals surface area contributed by atoms with Crippen LogP contribution in [0.5, 0.6) is 0 Å². The molecular weight excluding hydrogens is 228 g/mol. The highest BCUT2D eigenvalue weighted by Gasteiger charge is 2.00. The van der Waals surface area contributed by atoms with Crippen molar-refractivity contribution in [2.75, 3.05) is 0 Å². The number of hydrogen-bond acceptors (Lipinski definition) is 1. The quantitative estimate of drug-likeness (QED) is 0.794. The minimum Gasteiger partial charge on any atom is -0.300 e. The maximum Gasteiger partial charge on any atom is 0.134 e. The Labute approximate surface area is 87.3 Å².